The van der Waals surface area contributed by atoms with Crippen LogP contribution < -0.4 is 19.3 Å². The van der Waals surface area contributed by atoms with Crippen molar-refractivity contribution in [2.24, 2.45) is 0 Å². The molecule has 2 aromatic rings. The first-order valence-corrected chi connectivity index (χ1v) is 9.84. The fraction of sp³-hybridized carbons (Fsp3) is 0.400. The lowest BCUT2D eigenvalue weighted by Crippen LogP contribution is -2.44. The van der Waals surface area contributed by atoms with Gasteiger partial charge in [-0.05, 0) is 61.2 Å². The molecule has 6 heteroatoms. The van der Waals surface area contributed by atoms with Crippen LogP contribution in [0.4, 0.5) is 15.8 Å². The zero-order chi connectivity index (χ0) is 18.1. The van der Waals surface area contributed by atoms with Crippen LogP contribution in [0.25, 0.3) is 0 Å². The van der Waals surface area contributed by atoms with Crippen molar-refractivity contribution in [3.8, 4) is 5.75 Å². The van der Waals surface area contributed by atoms with Crippen molar-refractivity contribution < 1.29 is 9.13 Å². The lowest BCUT2D eigenvalue weighted by Gasteiger charge is -2.36. The van der Waals surface area contributed by atoms with Crippen LogP contribution in [-0.4, -0.2) is 39.3 Å². The molecule has 0 amide bonds. The summed E-state index contributed by atoms with van der Waals surface area (Å²) in [7, 11) is 0. The number of ether oxygens (including phenoxy) is 1. The van der Waals surface area contributed by atoms with Gasteiger partial charge in [0.2, 0.25) is 0 Å². The molecule has 0 aliphatic carbocycles. The van der Waals surface area contributed by atoms with Crippen molar-refractivity contribution in [2.75, 3.05) is 48.5 Å². The monoisotopic (exact) mass is 373 g/mol. The van der Waals surface area contributed by atoms with Gasteiger partial charge in [0.05, 0.1) is 17.9 Å². The summed E-state index contributed by atoms with van der Waals surface area (Å²) in [5.41, 5.74) is 4.55. The number of aryl methyl sites for hydroxylation is 2. The maximum atomic E-state index is 13.7. The molecule has 1 fully saturated rings. The number of halogens is 1. The highest BCUT2D eigenvalue weighted by Crippen LogP contribution is 2.45. The van der Waals surface area contributed by atoms with E-state index < -0.39 is 0 Å². The van der Waals surface area contributed by atoms with E-state index in [1.807, 2.05) is 13.0 Å². The van der Waals surface area contributed by atoms with Crippen molar-refractivity contribution >= 4 is 23.3 Å². The molecule has 2 aromatic carbocycles. The summed E-state index contributed by atoms with van der Waals surface area (Å²) in [6.07, 6.45) is 0. The minimum absolute atomic E-state index is 0.197. The van der Waals surface area contributed by atoms with E-state index in [1.54, 1.807) is 18.0 Å². The third kappa shape index (κ3) is 3.48. The first-order valence-electron chi connectivity index (χ1n) is 9.06. The molecular weight excluding hydrogens is 349 g/mol. The molecule has 0 radical (unpaired) electrons. The second-order valence-electron chi connectivity index (χ2n) is 6.82. The highest BCUT2D eigenvalue weighted by molar-refractivity contribution is 8.00. The van der Waals surface area contributed by atoms with Crippen LogP contribution in [0.1, 0.15) is 11.1 Å². The van der Waals surface area contributed by atoms with E-state index in [9.17, 15) is 4.39 Å². The molecule has 0 saturated carbocycles. The molecule has 0 unspecified atom stereocenters. The van der Waals surface area contributed by atoms with E-state index in [-0.39, 0.29) is 5.82 Å². The Hall–Kier alpha value is -1.92. The van der Waals surface area contributed by atoms with Crippen molar-refractivity contribution in [1.82, 2.24) is 5.32 Å². The molecule has 0 bridgehead atoms. The second-order valence-corrected chi connectivity index (χ2v) is 7.88. The summed E-state index contributed by atoms with van der Waals surface area (Å²) in [6.45, 7) is 9.50. The Labute approximate surface area is 158 Å². The Morgan fingerprint density at radius 3 is 2.62 bits per heavy atom. The number of anilines is 2. The molecule has 2 heterocycles. The highest BCUT2D eigenvalue weighted by atomic mass is 32.2. The summed E-state index contributed by atoms with van der Waals surface area (Å²) in [4.78, 5) is 3.34. The number of hydrogen-bond acceptors (Lipinski definition) is 5. The van der Waals surface area contributed by atoms with Crippen LogP contribution in [0, 0.1) is 19.7 Å². The number of hydrogen-bond donors (Lipinski definition) is 1. The maximum absolute atomic E-state index is 13.7. The van der Waals surface area contributed by atoms with E-state index >= 15 is 0 Å². The standard InChI is InChI=1S/C20H24FN3OS/c1-14-11-17(23-7-5-22-6-8-23)20-18(12-14)24(9-10-25-20)26-19-13-16(21)4-3-15(19)2/h3-4,11-13,22H,5-10H2,1-2H3. The Morgan fingerprint density at radius 2 is 1.81 bits per heavy atom. The van der Waals surface area contributed by atoms with E-state index in [1.165, 1.54) is 17.3 Å². The van der Waals surface area contributed by atoms with Crippen molar-refractivity contribution in [3.63, 3.8) is 0 Å². The first-order chi connectivity index (χ1) is 12.6. The molecule has 4 rings (SSSR count). The van der Waals surface area contributed by atoms with Gasteiger partial charge in [0, 0.05) is 31.1 Å². The Balaban J connectivity index is 1.69. The lowest BCUT2D eigenvalue weighted by atomic mass is 10.1. The van der Waals surface area contributed by atoms with E-state index in [4.69, 9.17) is 4.74 Å². The van der Waals surface area contributed by atoms with Gasteiger partial charge in [0.25, 0.3) is 0 Å². The fourth-order valence-electron chi connectivity index (χ4n) is 3.45. The number of piperazine rings is 1. The van der Waals surface area contributed by atoms with Gasteiger partial charge >= 0.3 is 0 Å². The third-order valence-corrected chi connectivity index (χ3v) is 6.06. The zero-order valence-electron chi connectivity index (χ0n) is 15.2. The Kier molecular flexibility index (Phi) is 4.96. The molecule has 26 heavy (non-hydrogen) atoms. The highest BCUT2D eigenvalue weighted by Gasteiger charge is 2.26. The van der Waals surface area contributed by atoms with Crippen LogP contribution >= 0.6 is 11.9 Å². The zero-order valence-corrected chi connectivity index (χ0v) is 16.0. The minimum Gasteiger partial charge on any atom is -0.487 e. The van der Waals surface area contributed by atoms with E-state index in [0.717, 1.165) is 54.6 Å². The van der Waals surface area contributed by atoms with Crippen LogP contribution in [0.5, 0.6) is 5.75 Å². The molecule has 2 aliphatic rings. The van der Waals surface area contributed by atoms with Crippen LogP contribution in [0.2, 0.25) is 0 Å². The Morgan fingerprint density at radius 1 is 1.04 bits per heavy atom. The number of benzene rings is 2. The number of nitrogens with one attached hydrogen (secondary N) is 1. The molecule has 138 valence electrons. The summed E-state index contributed by atoms with van der Waals surface area (Å²) < 4.78 is 22.0. The van der Waals surface area contributed by atoms with Crippen molar-refractivity contribution in [2.45, 2.75) is 18.7 Å². The summed E-state index contributed by atoms with van der Waals surface area (Å²) >= 11 is 1.59. The van der Waals surface area contributed by atoms with Gasteiger partial charge in [-0.1, -0.05) is 6.07 Å². The van der Waals surface area contributed by atoms with Crippen molar-refractivity contribution in [1.29, 1.82) is 0 Å². The molecule has 4 nitrogen and oxygen atoms in total. The first kappa shape index (κ1) is 17.5. The van der Waals surface area contributed by atoms with Gasteiger partial charge in [0.15, 0.2) is 5.75 Å². The van der Waals surface area contributed by atoms with Gasteiger partial charge in [-0.15, -0.1) is 0 Å². The number of fused-ring (bicyclic) bond motifs is 1. The quantitative estimate of drug-likeness (QED) is 0.827. The lowest BCUT2D eigenvalue weighted by molar-refractivity contribution is 0.317. The molecule has 0 atom stereocenters. The van der Waals surface area contributed by atoms with Crippen LogP contribution in [0.3, 0.4) is 0 Å². The minimum atomic E-state index is -0.197. The smallest absolute Gasteiger partial charge is 0.166 e. The fourth-order valence-corrected chi connectivity index (χ4v) is 4.46. The largest absolute Gasteiger partial charge is 0.487 e. The van der Waals surface area contributed by atoms with Gasteiger partial charge in [-0.25, -0.2) is 4.39 Å². The summed E-state index contributed by atoms with van der Waals surface area (Å²) in [5.74, 6) is 0.752. The average molecular weight is 373 g/mol. The topological polar surface area (TPSA) is 27.7 Å². The second kappa shape index (κ2) is 7.37. The Bertz CT molecular complexity index is 808. The number of rotatable bonds is 3. The molecular formula is C20H24FN3OS. The van der Waals surface area contributed by atoms with Crippen LogP contribution in [0.15, 0.2) is 35.2 Å². The van der Waals surface area contributed by atoms with E-state index in [2.05, 4.69) is 33.6 Å². The maximum Gasteiger partial charge on any atom is 0.166 e. The predicted molar refractivity (Wildman–Crippen MR) is 106 cm³/mol. The molecule has 0 spiro atoms. The van der Waals surface area contributed by atoms with Gasteiger partial charge in [-0.2, -0.15) is 0 Å². The number of nitrogens with zero attached hydrogens (tertiary/aromatic N) is 2. The molecule has 1 saturated heterocycles. The van der Waals surface area contributed by atoms with Crippen molar-refractivity contribution in [3.05, 3.63) is 47.3 Å². The van der Waals surface area contributed by atoms with Gasteiger partial charge < -0.3 is 19.3 Å². The molecule has 2 aliphatic heterocycles. The van der Waals surface area contributed by atoms with Gasteiger partial charge in [0.1, 0.15) is 12.4 Å². The molecule has 0 aromatic heterocycles. The SMILES string of the molecule is Cc1cc(N2CCNCC2)c2c(c1)N(Sc1cc(F)ccc1C)CCO2. The normalized spacial score (nSPS) is 17.0. The van der Waals surface area contributed by atoms with E-state index in [0.29, 0.717) is 6.61 Å². The summed E-state index contributed by atoms with van der Waals surface area (Å²) in [5, 5.41) is 3.40. The van der Waals surface area contributed by atoms with Gasteiger partial charge in [-0.3, -0.25) is 0 Å². The predicted octanol–water partition coefficient (Wildman–Crippen LogP) is 3.76. The third-order valence-electron chi connectivity index (χ3n) is 4.82. The average Bonchev–Trinajstić information content (AvgIpc) is 2.65. The summed E-state index contributed by atoms with van der Waals surface area (Å²) in [6, 6.07) is 9.34. The van der Waals surface area contributed by atoms with Crippen LogP contribution in [-0.2, 0) is 0 Å². The molecule has 1 N–H and O–H groups in total.